The highest BCUT2D eigenvalue weighted by molar-refractivity contribution is 5.68. The fourth-order valence-electron chi connectivity index (χ4n) is 1.09. The van der Waals surface area contributed by atoms with Gasteiger partial charge < -0.3 is 9.90 Å². The van der Waals surface area contributed by atoms with Crippen molar-refractivity contribution in [1.29, 1.82) is 0 Å². The Bertz CT molecular complexity index is 400. The van der Waals surface area contributed by atoms with E-state index in [4.69, 9.17) is 0 Å². The molecule has 1 aromatic rings. The molecular weight excluding hydrogens is 216 g/mol. The summed E-state index contributed by atoms with van der Waals surface area (Å²) < 4.78 is 51.8. The van der Waals surface area contributed by atoms with Gasteiger partial charge in [0.05, 0.1) is 0 Å². The van der Waals surface area contributed by atoms with Crippen molar-refractivity contribution in [2.75, 3.05) is 0 Å². The van der Waals surface area contributed by atoms with Crippen LogP contribution in [0.1, 0.15) is 11.1 Å². The molecule has 0 N–H and O–H groups in total. The number of carbonyl (C=O) groups is 1. The summed E-state index contributed by atoms with van der Waals surface area (Å²) in [7, 11) is 0. The molecule has 0 bridgehead atoms. The second-order valence-corrected chi connectivity index (χ2v) is 2.91. The van der Waals surface area contributed by atoms with E-state index < -0.39 is 46.8 Å². The molecule has 0 radical (unpaired) electrons. The maximum absolute atomic E-state index is 13.0. The van der Waals surface area contributed by atoms with Gasteiger partial charge in [-0.2, -0.15) is 0 Å². The Balaban J connectivity index is 3.45. The number of rotatable bonds is 2. The van der Waals surface area contributed by atoms with Crippen LogP contribution in [-0.2, 0) is 11.2 Å². The van der Waals surface area contributed by atoms with E-state index in [2.05, 4.69) is 0 Å². The van der Waals surface area contributed by atoms with E-state index in [1.165, 1.54) is 0 Å². The van der Waals surface area contributed by atoms with Crippen molar-refractivity contribution >= 4 is 5.97 Å². The van der Waals surface area contributed by atoms with Crippen LogP contribution in [0.3, 0.4) is 0 Å². The van der Waals surface area contributed by atoms with Gasteiger partial charge in [-0.05, 0) is 6.92 Å². The van der Waals surface area contributed by atoms with E-state index >= 15 is 0 Å². The first-order chi connectivity index (χ1) is 6.86. The van der Waals surface area contributed by atoms with Crippen LogP contribution in [0.25, 0.3) is 0 Å². The molecule has 0 amide bonds. The molecule has 0 saturated heterocycles. The maximum Gasteiger partial charge on any atom is 0.165 e. The van der Waals surface area contributed by atoms with Crippen LogP contribution in [-0.4, -0.2) is 5.97 Å². The highest BCUT2D eigenvalue weighted by atomic mass is 19.2. The summed E-state index contributed by atoms with van der Waals surface area (Å²) in [5, 5.41) is 10.1. The Kier molecular flexibility index (Phi) is 2.97. The Labute approximate surface area is 82.1 Å². The summed E-state index contributed by atoms with van der Waals surface area (Å²) in [4.78, 5) is 10.1. The standard InChI is InChI=1S/C9H6F4O2/c1-3-6(10)8(12)4(2-5(14)15)9(13)7(3)11/h2H2,1H3,(H,14,15)/p-1. The first-order valence-electron chi connectivity index (χ1n) is 3.87. The van der Waals surface area contributed by atoms with Crippen LogP contribution < -0.4 is 5.11 Å². The number of aliphatic carboxylic acids is 1. The first kappa shape index (κ1) is 11.5. The lowest BCUT2D eigenvalue weighted by Crippen LogP contribution is -2.26. The van der Waals surface area contributed by atoms with E-state index in [0.29, 0.717) is 0 Å². The SMILES string of the molecule is Cc1c(F)c(F)c(CC(=O)[O-])c(F)c1F. The van der Waals surface area contributed by atoms with Crippen LogP contribution in [0.2, 0.25) is 0 Å². The van der Waals surface area contributed by atoms with E-state index in [1.807, 2.05) is 0 Å². The molecule has 0 saturated carbocycles. The third-order valence-corrected chi connectivity index (χ3v) is 1.89. The molecule has 0 aliphatic heterocycles. The van der Waals surface area contributed by atoms with E-state index in [1.54, 1.807) is 0 Å². The van der Waals surface area contributed by atoms with E-state index in [-0.39, 0.29) is 0 Å². The van der Waals surface area contributed by atoms with Gasteiger partial charge in [0.25, 0.3) is 0 Å². The lowest BCUT2D eigenvalue weighted by Gasteiger charge is -2.09. The Morgan fingerprint density at radius 2 is 1.47 bits per heavy atom. The van der Waals surface area contributed by atoms with Crippen molar-refractivity contribution in [2.24, 2.45) is 0 Å². The molecule has 15 heavy (non-hydrogen) atoms. The third kappa shape index (κ3) is 1.93. The number of hydrogen-bond donors (Lipinski definition) is 0. The molecule has 0 unspecified atom stereocenters. The van der Waals surface area contributed by atoms with Crippen molar-refractivity contribution in [2.45, 2.75) is 13.3 Å². The average molecular weight is 221 g/mol. The van der Waals surface area contributed by atoms with E-state index in [0.717, 1.165) is 6.92 Å². The molecule has 1 rings (SSSR count). The zero-order chi connectivity index (χ0) is 11.7. The molecule has 0 atom stereocenters. The second-order valence-electron chi connectivity index (χ2n) is 2.91. The summed E-state index contributed by atoms with van der Waals surface area (Å²) in [5.41, 5.74) is -2.00. The smallest absolute Gasteiger partial charge is 0.165 e. The zero-order valence-electron chi connectivity index (χ0n) is 7.54. The quantitative estimate of drug-likeness (QED) is 0.548. The Hall–Kier alpha value is -1.59. The first-order valence-corrected chi connectivity index (χ1v) is 3.87. The summed E-state index contributed by atoms with van der Waals surface area (Å²) in [6, 6.07) is 0. The predicted molar refractivity (Wildman–Crippen MR) is 39.7 cm³/mol. The molecule has 0 spiro atoms. The summed E-state index contributed by atoms with van der Waals surface area (Å²) in [6.45, 7) is 0.847. The van der Waals surface area contributed by atoms with E-state index in [9.17, 15) is 27.5 Å². The normalized spacial score (nSPS) is 10.5. The summed E-state index contributed by atoms with van der Waals surface area (Å²) >= 11 is 0. The molecule has 0 heterocycles. The Morgan fingerprint density at radius 3 is 1.80 bits per heavy atom. The topological polar surface area (TPSA) is 40.1 Å². The average Bonchev–Trinajstić information content (AvgIpc) is 2.18. The molecule has 2 nitrogen and oxygen atoms in total. The molecule has 1 aromatic carbocycles. The minimum Gasteiger partial charge on any atom is -0.550 e. The fourth-order valence-corrected chi connectivity index (χ4v) is 1.09. The largest absolute Gasteiger partial charge is 0.550 e. The maximum atomic E-state index is 13.0. The molecule has 0 fully saturated rings. The second kappa shape index (κ2) is 3.88. The monoisotopic (exact) mass is 221 g/mol. The lowest BCUT2D eigenvalue weighted by atomic mass is 10.1. The summed E-state index contributed by atoms with van der Waals surface area (Å²) in [6.07, 6.45) is -1.22. The highest BCUT2D eigenvalue weighted by Gasteiger charge is 2.22. The van der Waals surface area contributed by atoms with Crippen molar-refractivity contribution in [3.05, 3.63) is 34.4 Å². The van der Waals surface area contributed by atoms with Gasteiger partial charge in [0.2, 0.25) is 0 Å². The minimum absolute atomic E-state index is 0.827. The number of carboxylic acid groups (broad SMARTS) is 1. The van der Waals surface area contributed by atoms with Gasteiger partial charge in [0.15, 0.2) is 23.3 Å². The van der Waals surface area contributed by atoms with Crippen LogP contribution in [0.4, 0.5) is 17.6 Å². The lowest BCUT2D eigenvalue weighted by molar-refractivity contribution is -0.304. The molecule has 0 aliphatic carbocycles. The summed E-state index contributed by atoms with van der Waals surface area (Å²) in [5.74, 6) is -8.41. The number of carboxylic acids is 1. The molecule has 0 aromatic heterocycles. The van der Waals surface area contributed by atoms with Gasteiger partial charge in [-0.15, -0.1) is 0 Å². The van der Waals surface area contributed by atoms with Gasteiger partial charge in [-0.25, -0.2) is 17.6 Å². The van der Waals surface area contributed by atoms with Gasteiger partial charge in [0.1, 0.15) is 0 Å². The van der Waals surface area contributed by atoms with Gasteiger partial charge >= 0.3 is 0 Å². The zero-order valence-corrected chi connectivity index (χ0v) is 7.54. The van der Waals surface area contributed by atoms with Gasteiger partial charge in [-0.3, -0.25) is 0 Å². The number of carbonyl (C=O) groups excluding carboxylic acids is 1. The fraction of sp³-hybridized carbons (Fsp3) is 0.222. The molecule has 6 heteroatoms. The van der Waals surface area contributed by atoms with Crippen LogP contribution in [0.5, 0.6) is 0 Å². The Morgan fingerprint density at radius 1 is 1.07 bits per heavy atom. The predicted octanol–water partition coefficient (Wildman–Crippen LogP) is 0.844. The number of halogens is 4. The number of hydrogen-bond acceptors (Lipinski definition) is 2. The highest BCUT2D eigenvalue weighted by Crippen LogP contribution is 2.23. The van der Waals surface area contributed by atoms with Crippen molar-refractivity contribution in [1.82, 2.24) is 0 Å². The van der Waals surface area contributed by atoms with Gasteiger partial charge in [0, 0.05) is 23.5 Å². The van der Waals surface area contributed by atoms with Crippen molar-refractivity contribution in [3.63, 3.8) is 0 Å². The minimum atomic E-state index is -1.82. The van der Waals surface area contributed by atoms with Gasteiger partial charge in [-0.1, -0.05) is 0 Å². The van der Waals surface area contributed by atoms with Crippen LogP contribution >= 0.6 is 0 Å². The third-order valence-electron chi connectivity index (χ3n) is 1.89. The molecular formula is C9H5F4O2-. The molecule has 82 valence electrons. The molecule has 0 aliphatic rings. The van der Waals surface area contributed by atoms with Crippen LogP contribution in [0.15, 0.2) is 0 Å². The van der Waals surface area contributed by atoms with Crippen molar-refractivity contribution < 1.29 is 27.5 Å². The number of benzene rings is 1. The van der Waals surface area contributed by atoms with Crippen molar-refractivity contribution in [3.8, 4) is 0 Å². The van der Waals surface area contributed by atoms with Crippen LogP contribution in [0, 0.1) is 30.2 Å².